The Kier molecular flexibility index (Phi) is 3.89. The van der Waals surface area contributed by atoms with Crippen LogP contribution in [0.5, 0.6) is 5.75 Å². The molecule has 0 spiro atoms. The molecular formula is C10H12N2O2. The molecule has 1 rings (SSSR count). The molecule has 1 aromatic heterocycles. The zero-order chi connectivity index (χ0) is 10.4. The first-order valence-corrected chi connectivity index (χ1v) is 4.41. The van der Waals surface area contributed by atoms with Gasteiger partial charge in [0.15, 0.2) is 0 Å². The number of nitrogens with zero attached hydrogens (tertiary/aromatic N) is 2. The smallest absolute Gasteiger partial charge is 0.142 e. The zero-order valence-corrected chi connectivity index (χ0v) is 7.97. The van der Waals surface area contributed by atoms with Crippen molar-refractivity contribution in [3.8, 4) is 11.8 Å². The summed E-state index contributed by atoms with van der Waals surface area (Å²) in [6.45, 7) is 2.13. The lowest BCUT2D eigenvalue weighted by molar-refractivity contribution is 0.276. The molecule has 0 aliphatic carbocycles. The highest BCUT2D eigenvalue weighted by Crippen LogP contribution is 2.23. The van der Waals surface area contributed by atoms with E-state index in [1.54, 1.807) is 18.3 Å². The van der Waals surface area contributed by atoms with E-state index >= 15 is 0 Å². The molecule has 0 amide bonds. The van der Waals surface area contributed by atoms with Gasteiger partial charge in [-0.15, -0.1) is 0 Å². The Balaban J connectivity index is 3.00. The first-order chi connectivity index (χ1) is 6.83. The summed E-state index contributed by atoms with van der Waals surface area (Å²) < 4.78 is 5.30. The van der Waals surface area contributed by atoms with E-state index in [0.29, 0.717) is 18.1 Å². The second-order valence-corrected chi connectivity index (χ2v) is 2.68. The standard InChI is InChI=1S/C10H12N2O2/c1-2-14-9-4-3-5-12-10(9)8(6-11)7-13/h3-5,8,13H,2,7H2,1H3. The first-order valence-electron chi connectivity index (χ1n) is 4.41. The Morgan fingerprint density at radius 2 is 2.50 bits per heavy atom. The normalized spacial score (nSPS) is 11.8. The highest BCUT2D eigenvalue weighted by atomic mass is 16.5. The molecule has 1 aromatic rings. The number of aliphatic hydroxyl groups excluding tert-OH is 1. The molecular weight excluding hydrogens is 180 g/mol. The summed E-state index contributed by atoms with van der Waals surface area (Å²) in [5, 5.41) is 17.7. The van der Waals surface area contributed by atoms with Gasteiger partial charge in [-0.2, -0.15) is 5.26 Å². The number of pyridine rings is 1. The lowest BCUT2D eigenvalue weighted by Gasteiger charge is -2.10. The van der Waals surface area contributed by atoms with Crippen LogP contribution >= 0.6 is 0 Å². The van der Waals surface area contributed by atoms with Gasteiger partial charge >= 0.3 is 0 Å². The monoisotopic (exact) mass is 192 g/mol. The quantitative estimate of drug-likeness (QED) is 0.775. The van der Waals surface area contributed by atoms with E-state index in [2.05, 4.69) is 4.98 Å². The van der Waals surface area contributed by atoms with Gasteiger partial charge in [0.1, 0.15) is 17.4 Å². The maximum absolute atomic E-state index is 8.95. The lowest BCUT2D eigenvalue weighted by atomic mass is 10.1. The van der Waals surface area contributed by atoms with Crippen molar-refractivity contribution in [2.24, 2.45) is 0 Å². The second kappa shape index (κ2) is 5.20. The maximum atomic E-state index is 8.95. The molecule has 0 aliphatic heterocycles. The van der Waals surface area contributed by atoms with Crippen molar-refractivity contribution in [1.82, 2.24) is 4.98 Å². The van der Waals surface area contributed by atoms with Crippen molar-refractivity contribution in [2.45, 2.75) is 12.8 Å². The van der Waals surface area contributed by atoms with Crippen molar-refractivity contribution >= 4 is 0 Å². The molecule has 0 radical (unpaired) electrons. The van der Waals surface area contributed by atoms with E-state index in [1.807, 2.05) is 13.0 Å². The van der Waals surface area contributed by atoms with E-state index in [-0.39, 0.29) is 6.61 Å². The minimum Gasteiger partial charge on any atom is -0.492 e. The predicted octanol–water partition coefficient (Wildman–Crippen LogP) is 1.08. The van der Waals surface area contributed by atoms with Crippen LogP contribution in [-0.2, 0) is 0 Å². The Morgan fingerprint density at radius 1 is 1.71 bits per heavy atom. The highest BCUT2D eigenvalue weighted by molar-refractivity contribution is 5.33. The summed E-state index contributed by atoms with van der Waals surface area (Å²) in [5.74, 6) is -0.0478. The van der Waals surface area contributed by atoms with Gasteiger partial charge in [-0.05, 0) is 19.1 Å². The predicted molar refractivity (Wildman–Crippen MR) is 50.8 cm³/mol. The molecule has 0 saturated heterocycles. The number of aromatic nitrogens is 1. The van der Waals surface area contributed by atoms with Crippen LogP contribution in [0.15, 0.2) is 18.3 Å². The Hall–Kier alpha value is -1.60. The van der Waals surface area contributed by atoms with Crippen LogP contribution in [0.4, 0.5) is 0 Å². The van der Waals surface area contributed by atoms with Crippen molar-refractivity contribution < 1.29 is 9.84 Å². The molecule has 1 heterocycles. The molecule has 1 atom stereocenters. The minimum atomic E-state index is -0.613. The topological polar surface area (TPSA) is 66.1 Å². The van der Waals surface area contributed by atoms with Crippen LogP contribution < -0.4 is 4.74 Å². The fourth-order valence-corrected chi connectivity index (χ4v) is 1.13. The third kappa shape index (κ3) is 2.21. The number of hydrogen-bond donors (Lipinski definition) is 1. The number of rotatable bonds is 4. The van der Waals surface area contributed by atoms with E-state index in [1.165, 1.54) is 0 Å². The summed E-state index contributed by atoms with van der Waals surface area (Å²) in [7, 11) is 0. The second-order valence-electron chi connectivity index (χ2n) is 2.68. The van der Waals surface area contributed by atoms with Crippen molar-refractivity contribution in [1.29, 1.82) is 5.26 Å². The van der Waals surface area contributed by atoms with Crippen molar-refractivity contribution in [3.05, 3.63) is 24.0 Å². The van der Waals surface area contributed by atoms with Gasteiger partial charge in [0.2, 0.25) is 0 Å². The van der Waals surface area contributed by atoms with Crippen LogP contribution in [0.25, 0.3) is 0 Å². The number of nitriles is 1. The lowest BCUT2D eigenvalue weighted by Crippen LogP contribution is -2.07. The van der Waals surface area contributed by atoms with Gasteiger partial charge in [0.25, 0.3) is 0 Å². The minimum absolute atomic E-state index is 0.242. The molecule has 0 aliphatic rings. The summed E-state index contributed by atoms with van der Waals surface area (Å²) in [5.41, 5.74) is 0.499. The van der Waals surface area contributed by atoms with Gasteiger partial charge < -0.3 is 9.84 Å². The third-order valence-corrected chi connectivity index (χ3v) is 1.77. The summed E-state index contributed by atoms with van der Waals surface area (Å²) >= 11 is 0. The van der Waals surface area contributed by atoms with Gasteiger partial charge in [-0.25, -0.2) is 0 Å². The Bertz CT molecular complexity index is 333. The van der Waals surface area contributed by atoms with Crippen LogP contribution in [0.3, 0.4) is 0 Å². The molecule has 0 bridgehead atoms. The summed E-state index contributed by atoms with van der Waals surface area (Å²) in [6.07, 6.45) is 1.58. The summed E-state index contributed by atoms with van der Waals surface area (Å²) in [6, 6.07) is 5.45. The van der Waals surface area contributed by atoms with Gasteiger partial charge in [0.05, 0.1) is 19.3 Å². The zero-order valence-electron chi connectivity index (χ0n) is 7.97. The Labute approximate surface area is 82.8 Å². The van der Waals surface area contributed by atoms with Crippen molar-refractivity contribution in [3.63, 3.8) is 0 Å². The molecule has 1 unspecified atom stereocenters. The van der Waals surface area contributed by atoms with E-state index in [0.717, 1.165) is 0 Å². The molecule has 74 valence electrons. The SMILES string of the molecule is CCOc1cccnc1C(C#N)CO. The molecule has 14 heavy (non-hydrogen) atoms. The molecule has 0 fully saturated rings. The fourth-order valence-electron chi connectivity index (χ4n) is 1.13. The largest absolute Gasteiger partial charge is 0.492 e. The van der Waals surface area contributed by atoms with Crippen LogP contribution in [0.1, 0.15) is 18.5 Å². The average Bonchev–Trinajstić information content (AvgIpc) is 2.23. The fraction of sp³-hybridized carbons (Fsp3) is 0.400. The third-order valence-electron chi connectivity index (χ3n) is 1.77. The van der Waals surface area contributed by atoms with E-state index < -0.39 is 5.92 Å². The maximum Gasteiger partial charge on any atom is 0.142 e. The van der Waals surface area contributed by atoms with Gasteiger partial charge in [-0.1, -0.05) is 0 Å². The first kappa shape index (κ1) is 10.5. The average molecular weight is 192 g/mol. The molecule has 4 nitrogen and oxygen atoms in total. The van der Waals surface area contributed by atoms with E-state index in [4.69, 9.17) is 15.1 Å². The van der Waals surface area contributed by atoms with Crippen LogP contribution in [-0.4, -0.2) is 23.3 Å². The number of hydrogen-bond acceptors (Lipinski definition) is 4. The Morgan fingerprint density at radius 3 is 3.07 bits per heavy atom. The van der Waals surface area contributed by atoms with E-state index in [9.17, 15) is 0 Å². The summed E-state index contributed by atoms with van der Waals surface area (Å²) in [4.78, 5) is 4.03. The van der Waals surface area contributed by atoms with Crippen LogP contribution in [0.2, 0.25) is 0 Å². The highest BCUT2D eigenvalue weighted by Gasteiger charge is 2.15. The molecule has 1 N–H and O–H groups in total. The number of ether oxygens (including phenoxy) is 1. The number of aliphatic hydroxyl groups is 1. The van der Waals surface area contributed by atoms with Gasteiger partial charge in [0, 0.05) is 6.20 Å². The molecule has 0 saturated carbocycles. The van der Waals surface area contributed by atoms with Crippen molar-refractivity contribution in [2.75, 3.05) is 13.2 Å². The molecule has 0 aromatic carbocycles. The van der Waals surface area contributed by atoms with Gasteiger partial charge in [-0.3, -0.25) is 4.98 Å². The molecule has 4 heteroatoms. The van der Waals surface area contributed by atoms with Crippen LogP contribution in [0, 0.1) is 11.3 Å².